The quantitative estimate of drug-likeness (QED) is 0.251. The smallest absolute Gasteiger partial charge is 0.272 e. The van der Waals surface area contributed by atoms with Crippen LogP contribution >= 0.6 is 23.5 Å². The van der Waals surface area contributed by atoms with Gasteiger partial charge in [0.15, 0.2) is 5.16 Å². The first-order valence-corrected chi connectivity index (χ1v) is 11.8. The number of non-ortho nitro benzene ring substituents is 1. The molecule has 10 heteroatoms. The maximum atomic E-state index is 13.2. The second kappa shape index (κ2) is 9.17. The van der Waals surface area contributed by atoms with Crippen molar-refractivity contribution in [3.63, 3.8) is 0 Å². The average molecular weight is 469 g/mol. The highest BCUT2D eigenvalue weighted by Crippen LogP contribution is 2.30. The molecule has 3 aromatic rings. The summed E-state index contributed by atoms with van der Waals surface area (Å²) in [6, 6.07) is 11.6. The van der Waals surface area contributed by atoms with Crippen molar-refractivity contribution in [3.8, 4) is 5.69 Å². The number of benzene rings is 2. The molecule has 0 fully saturated rings. The standard InChI is InChI=1S/C22H20N4O4S2/c1-13-9-14(2)11-15(10-13)23-19(27)12-32-22-24-18-7-8-31-20(18)21(28)25(22)16-3-5-17(6-4-16)26(29)30/h3-6,9-11H,7-8,12H2,1-2H3,(H,23,27). The summed E-state index contributed by atoms with van der Waals surface area (Å²) in [4.78, 5) is 41.5. The van der Waals surface area contributed by atoms with Crippen molar-refractivity contribution in [1.82, 2.24) is 9.55 Å². The normalized spacial score (nSPS) is 12.4. The second-order valence-electron chi connectivity index (χ2n) is 7.40. The Labute approximate surface area is 192 Å². The zero-order valence-corrected chi connectivity index (χ0v) is 19.1. The number of hydrogen-bond acceptors (Lipinski definition) is 7. The number of nitrogens with zero attached hydrogens (tertiary/aromatic N) is 3. The molecule has 2 heterocycles. The van der Waals surface area contributed by atoms with Crippen LogP contribution in [-0.4, -0.2) is 31.9 Å². The van der Waals surface area contributed by atoms with Gasteiger partial charge in [-0.2, -0.15) is 0 Å². The lowest BCUT2D eigenvalue weighted by atomic mass is 10.1. The molecular formula is C22H20N4O4S2. The fraction of sp³-hybridized carbons (Fsp3) is 0.227. The van der Waals surface area contributed by atoms with Gasteiger partial charge >= 0.3 is 0 Å². The molecule has 0 unspecified atom stereocenters. The maximum absolute atomic E-state index is 13.2. The minimum atomic E-state index is -0.490. The highest BCUT2D eigenvalue weighted by atomic mass is 32.2. The molecule has 32 heavy (non-hydrogen) atoms. The van der Waals surface area contributed by atoms with E-state index < -0.39 is 4.92 Å². The molecule has 0 saturated carbocycles. The Morgan fingerprint density at radius 2 is 1.91 bits per heavy atom. The van der Waals surface area contributed by atoms with E-state index in [-0.39, 0.29) is 22.9 Å². The zero-order valence-electron chi connectivity index (χ0n) is 17.5. The van der Waals surface area contributed by atoms with E-state index in [0.29, 0.717) is 22.2 Å². The highest BCUT2D eigenvalue weighted by Gasteiger charge is 2.23. The van der Waals surface area contributed by atoms with Crippen LogP contribution in [0.2, 0.25) is 0 Å². The Balaban J connectivity index is 1.61. The molecule has 4 rings (SSSR count). The number of nitro benzene ring substituents is 1. The molecule has 0 spiro atoms. The Hall–Kier alpha value is -3.11. The van der Waals surface area contributed by atoms with Gasteiger partial charge in [0.25, 0.3) is 11.2 Å². The summed E-state index contributed by atoms with van der Waals surface area (Å²) >= 11 is 2.62. The topological polar surface area (TPSA) is 107 Å². The van der Waals surface area contributed by atoms with Crippen LogP contribution in [-0.2, 0) is 11.2 Å². The Bertz CT molecular complexity index is 1250. The molecule has 0 saturated heterocycles. The number of carbonyl (C=O) groups is 1. The van der Waals surface area contributed by atoms with Crippen molar-refractivity contribution in [2.45, 2.75) is 30.3 Å². The van der Waals surface area contributed by atoms with Crippen molar-refractivity contribution >= 4 is 40.8 Å². The molecule has 0 radical (unpaired) electrons. The lowest BCUT2D eigenvalue weighted by Crippen LogP contribution is -2.24. The number of nitro groups is 1. The molecular weight excluding hydrogens is 448 g/mol. The third-order valence-corrected chi connectivity index (χ3v) is 6.87. The van der Waals surface area contributed by atoms with Crippen LogP contribution in [0.25, 0.3) is 5.69 Å². The van der Waals surface area contributed by atoms with Crippen LogP contribution in [0.1, 0.15) is 16.8 Å². The van der Waals surface area contributed by atoms with Crippen LogP contribution in [0.4, 0.5) is 11.4 Å². The van der Waals surface area contributed by atoms with Crippen molar-refractivity contribution in [1.29, 1.82) is 0 Å². The van der Waals surface area contributed by atoms with Gasteiger partial charge in [-0.3, -0.25) is 24.3 Å². The molecule has 8 nitrogen and oxygen atoms in total. The predicted molar refractivity (Wildman–Crippen MR) is 126 cm³/mol. The Morgan fingerprint density at radius 1 is 1.22 bits per heavy atom. The number of aryl methyl sites for hydroxylation is 3. The summed E-state index contributed by atoms with van der Waals surface area (Å²) in [6.45, 7) is 3.93. The number of rotatable bonds is 6. The first kappa shape index (κ1) is 22.1. The van der Waals surface area contributed by atoms with E-state index >= 15 is 0 Å². The Morgan fingerprint density at radius 3 is 2.56 bits per heavy atom. The third kappa shape index (κ3) is 4.71. The number of aromatic nitrogens is 2. The van der Waals surface area contributed by atoms with Crippen LogP contribution in [0.15, 0.2) is 57.3 Å². The molecule has 164 valence electrons. The van der Waals surface area contributed by atoms with E-state index in [4.69, 9.17) is 0 Å². The van der Waals surface area contributed by atoms with E-state index in [0.717, 1.165) is 40.0 Å². The fourth-order valence-corrected chi connectivity index (χ4v) is 5.37. The number of anilines is 1. The van der Waals surface area contributed by atoms with Crippen LogP contribution in [0.3, 0.4) is 0 Å². The lowest BCUT2D eigenvalue weighted by Gasteiger charge is -2.14. The van der Waals surface area contributed by atoms with Crippen LogP contribution in [0, 0.1) is 24.0 Å². The van der Waals surface area contributed by atoms with E-state index in [1.54, 1.807) is 0 Å². The summed E-state index contributed by atoms with van der Waals surface area (Å²) in [7, 11) is 0. The van der Waals surface area contributed by atoms with E-state index in [1.807, 2.05) is 32.0 Å². The van der Waals surface area contributed by atoms with Gasteiger partial charge in [0.05, 0.1) is 27.0 Å². The van der Waals surface area contributed by atoms with Crippen molar-refractivity contribution in [2.24, 2.45) is 0 Å². The molecule has 1 amide bonds. The van der Waals surface area contributed by atoms with Gasteiger partial charge in [-0.15, -0.1) is 11.8 Å². The van der Waals surface area contributed by atoms with E-state index in [1.165, 1.54) is 40.6 Å². The summed E-state index contributed by atoms with van der Waals surface area (Å²) in [5, 5.41) is 14.3. The Kier molecular flexibility index (Phi) is 6.33. The number of fused-ring (bicyclic) bond motifs is 1. The minimum absolute atomic E-state index is 0.0627. The number of hydrogen-bond donors (Lipinski definition) is 1. The molecule has 1 aromatic heterocycles. The molecule has 0 bridgehead atoms. The number of thioether (sulfide) groups is 2. The summed E-state index contributed by atoms with van der Waals surface area (Å²) in [5.74, 6) is 0.636. The second-order valence-corrected chi connectivity index (χ2v) is 9.44. The summed E-state index contributed by atoms with van der Waals surface area (Å²) < 4.78 is 1.43. The number of amides is 1. The van der Waals surface area contributed by atoms with Gasteiger partial charge in [-0.05, 0) is 49.2 Å². The molecule has 1 aliphatic heterocycles. The predicted octanol–water partition coefficient (Wildman–Crippen LogP) is 4.14. The zero-order chi connectivity index (χ0) is 22.8. The summed E-state index contributed by atoms with van der Waals surface area (Å²) in [6.07, 6.45) is 0.693. The van der Waals surface area contributed by atoms with Crippen molar-refractivity contribution < 1.29 is 9.72 Å². The van der Waals surface area contributed by atoms with Crippen LogP contribution < -0.4 is 10.9 Å². The minimum Gasteiger partial charge on any atom is -0.325 e. The highest BCUT2D eigenvalue weighted by molar-refractivity contribution is 8.00. The van der Waals surface area contributed by atoms with Gasteiger partial charge in [0, 0.05) is 30.0 Å². The van der Waals surface area contributed by atoms with Gasteiger partial charge in [-0.1, -0.05) is 17.8 Å². The first-order valence-electron chi connectivity index (χ1n) is 9.86. The monoisotopic (exact) mass is 468 g/mol. The number of carbonyl (C=O) groups excluding carboxylic acids is 1. The lowest BCUT2D eigenvalue weighted by molar-refractivity contribution is -0.384. The van der Waals surface area contributed by atoms with Gasteiger partial charge in [-0.25, -0.2) is 4.98 Å². The van der Waals surface area contributed by atoms with Gasteiger partial charge < -0.3 is 5.32 Å². The van der Waals surface area contributed by atoms with Gasteiger partial charge in [0.1, 0.15) is 0 Å². The van der Waals surface area contributed by atoms with E-state index in [9.17, 15) is 19.7 Å². The molecule has 0 atom stereocenters. The third-order valence-electron chi connectivity index (χ3n) is 4.82. The van der Waals surface area contributed by atoms with Gasteiger partial charge in [0.2, 0.25) is 5.91 Å². The molecule has 0 aliphatic carbocycles. The SMILES string of the molecule is Cc1cc(C)cc(NC(=O)CSc2nc3c(c(=O)n2-c2ccc([N+](=O)[O-])cc2)SCC3)c1. The fourth-order valence-electron chi connectivity index (χ4n) is 3.51. The average Bonchev–Trinajstić information content (AvgIpc) is 3.21. The molecule has 1 aliphatic rings. The molecule has 2 aromatic carbocycles. The van der Waals surface area contributed by atoms with Crippen molar-refractivity contribution in [3.05, 3.63) is 79.8 Å². The molecule has 1 N–H and O–H groups in total. The van der Waals surface area contributed by atoms with Crippen molar-refractivity contribution in [2.75, 3.05) is 16.8 Å². The van der Waals surface area contributed by atoms with E-state index in [2.05, 4.69) is 10.3 Å². The largest absolute Gasteiger partial charge is 0.325 e. The van der Waals surface area contributed by atoms with Crippen LogP contribution in [0.5, 0.6) is 0 Å². The first-order chi connectivity index (χ1) is 15.3. The maximum Gasteiger partial charge on any atom is 0.272 e. The summed E-state index contributed by atoms with van der Waals surface area (Å²) in [5.41, 5.74) is 3.75. The number of nitrogens with one attached hydrogen (secondary N) is 1.